The fourth-order valence-corrected chi connectivity index (χ4v) is 4.06. The van der Waals surface area contributed by atoms with Gasteiger partial charge in [0.05, 0.1) is 25.7 Å². The van der Waals surface area contributed by atoms with Gasteiger partial charge in [-0.3, -0.25) is 9.69 Å². The first-order chi connectivity index (χ1) is 11.3. The third-order valence-corrected chi connectivity index (χ3v) is 5.56. The monoisotopic (exact) mass is 318 g/mol. The fraction of sp³-hybridized carbons (Fsp3) is 0.722. The van der Waals surface area contributed by atoms with E-state index in [0.717, 1.165) is 45.3 Å². The maximum Gasteiger partial charge on any atom is 0.220 e. The van der Waals surface area contributed by atoms with Gasteiger partial charge in [-0.15, -0.1) is 0 Å². The van der Waals surface area contributed by atoms with Gasteiger partial charge in [0.2, 0.25) is 5.91 Å². The Kier molecular flexibility index (Phi) is 4.40. The number of nitrogens with zero attached hydrogens (tertiary/aromatic N) is 1. The highest BCUT2D eigenvalue weighted by atomic mass is 16.5. The molecule has 1 saturated carbocycles. The van der Waals surface area contributed by atoms with Gasteiger partial charge < -0.3 is 14.5 Å². The molecule has 5 nitrogen and oxygen atoms in total. The van der Waals surface area contributed by atoms with Gasteiger partial charge >= 0.3 is 0 Å². The second kappa shape index (κ2) is 6.65. The standard InChI is InChI=1S/C18H26N2O3/c21-18(19-6-13-1-2-13)5-15-11-23-12-16-8-20(9-17(15)16)7-14-3-4-22-10-14/h3-4,10,13,15-17H,1-2,5-9,11-12H2,(H,19,21)/t15-,16-,17+/m1/s1. The van der Waals surface area contributed by atoms with Crippen LogP contribution in [0.5, 0.6) is 0 Å². The summed E-state index contributed by atoms with van der Waals surface area (Å²) in [5, 5.41) is 3.10. The topological polar surface area (TPSA) is 54.7 Å². The van der Waals surface area contributed by atoms with E-state index in [9.17, 15) is 4.79 Å². The molecule has 23 heavy (non-hydrogen) atoms. The second-order valence-electron chi connectivity index (χ2n) is 7.50. The van der Waals surface area contributed by atoms with Crippen LogP contribution >= 0.6 is 0 Å². The summed E-state index contributed by atoms with van der Waals surface area (Å²) < 4.78 is 11.0. The molecule has 2 aliphatic heterocycles. The number of hydrogen-bond donors (Lipinski definition) is 1. The predicted octanol–water partition coefficient (Wildman–Crippen LogP) is 1.89. The zero-order valence-electron chi connectivity index (χ0n) is 13.6. The lowest BCUT2D eigenvalue weighted by molar-refractivity contribution is -0.124. The molecule has 126 valence electrons. The minimum absolute atomic E-state index is 0.208. The van der Waals surface area contributed by atoms with E-state index in [1.807, 2.05) is 12.3 Å². The SMILES string of the molecule is O=C(C[C@@H]1COC[C@H]2CN(Cc3ccoc3)C[C@@H]12)NCC1CC1. The van der Waals surface area contributed by atoms with E-state index in [2.05, 4.69) is 10.2 Å². The Balaban J connectivity index is 1.30. The third kappa shape index (κ3) is 3.78. The largest absolute Gasteiger partial charge is 0.472 e. The minimum Gasteiger partial charge on any atom is -0.472 e. The van der Waals surface area contributed by atoms with Crippen LogP contribution in [0.1, 0.15) is 24.8 Å². The van der Waals surface area contributed by atoms with Gasteiger partial charge in [-0.2, -0.15) is 0 Å². The number of fused-ring (bicyclic) bond motifs is 1. The number of nitrogens with one attached hydrogen (secondary N) is 1. The normalized spacial score (nSPS) is 31.0. The van der Waals surface area contributed by atoms with Crippen molar-refractivity contribution in [1.82, 2.24) is 10.2 Å². The van der Waals surface area contributed by atoms with Gasteiger partial charge in [0, 0.05) is 38.2 Å². The highest BCUT2D eigenvalue weighted by Crippen LogP contribution is 2.36. The van der Waals surface area contributed by atoms with Crippen LogP contribution < -0.4 is 5.32 Å². The van der Waals surface area contributed by atoms with E-state index in [-0.39, 0.29) is 5.91 Å². The number of carbonyl (C=O) groups is 1. The van der Waals surface area contributed by atoms with Crippen LogP contribution in [0.15, 0.2) is 23.0 Å². The lowest BCUT2D eigenvalue weighted by atomic mass is 9.81. The first kappa shape index (κ1) is 15.2. The van der Waals surface area contributed by atoms with E-state index in [1.165, 1.54) is 18.4 Å². The van der Waals surface area contributed by atoms with Crippen LogP contribution in [0.4, 0.5) is 0 Å². The van der Waals surface area contributed by atoms with E-state index < -0.39 is 0 Å². The second-order valence-corrected chi connectivity index (χ2v) is 7.50. The summed E-state index contributed by atoms with van der Waals surface area (Å²) >= 11 is 0. The zero-order valence-corrected chi connectivity index (χ0v) is 13.6. The highest BCUT2D eigenvalue weighted by Gasteiger charge is 2.41. The number of hydrogen-bond acceptors (Lipinski definition) is 4. The van der Waals surface area contributed by atoms with Gasteiger partial charge in [-0.1, -0.05) is 0 Å². The molecule has 3 fully saturated rings. The molecule has 3 atom stereocenters. The summed E-state index contributed by atoms with van der Waals surface area (Å²) in [6.07, 6.45) is 6.73. The first-order valence-electron chi connectivity index (χ1n) is 8.86. The molecule has 0 unspecified atom stereocenters. The predicted molar refractivity (Wildman–Crippen MR) is 85.6 cm³/mol. The van der Waals surface area contributed by atoms with E-state index >= 15 is 0 Å². The number of amides is 1. The molecule has 3 heterocycles. The van der Waals surface area contributed by atoms with Crippen molar-refractivity contribution < 1.29 is 13.9 Å². The molecule has 1 N–H and O–H groups in total. The molecule has 0 bridgehead atoms. The molecular weight excluding hydrogens is 292 g/mol. The third-order valence-electron chi connectivity index (χ3n) is 5.56. The molecule has 3 aliphatic rings. The Morgan fingerprint density at radius 1 is 1.30 bits per heavy atom. The minimum atomic E-state index is 0.208. The summed E-state index contributed by atoms with van der Waals surface area (Å²) in [6, 6.07) is 2.03. The van der Waals surface area contributed by atoms with Gasteiger partial charge in [-0.05, 0) is 42.6 Å². The van der Waals surface area contributed by atoms with Crippen molar-refractivity contribution >= 4 is 5.91 Å². The van der Waals surface area contributed by atoms with E-state index in [0.29, 0.717) is 24.2 Å². The number of furan rings is 1. The fourth-order valence-electron chi connectivity index (χ4n) is 4.06. The van der Waals surface area contributed by atoms with Crippen molar-refractivity contribution in [2.24, 2.45) is 23.7 Å². The Hall–Kier alpha value is -1.33. The molecule has 1 amide bonds. The van der Waals surface area contributed by atoms with Crippen molar-refractivity contribution in [1.29, 1.82) is 0 Å². The average molecular weight is 318 g/mol. The molecular formula is C18H26N2O3. The van der Waals surface area contributed by atoms with Crippen molar-refractivity contribution in [2.75, 3.05) is 32.8 Å². The molecule has 0 radical (unpaired) electrons. The highest BCUT2D eigenvalue weighted by molar-refractivity contribution is 5.76. The zero-order chi connectivity index (χ0) is 15.6. The Morgan fingerprint density at radius 2 is 2.22 bits per heavy atom. The van der Waals surface area contributed by atoms with Crippen LogP contribution in [0.25, 0.3) is 0 Å². The quantitative estimate of drug-likeness (QED) is 0.870. The molecule has 1 aromatic heterocycles. The van der Waals surface area contributed by atoms with E-state index in [1.54, 1.807) is 6.26 Å². The van der Waals surface area contributed by atoms with Crippen molar-refractivity contribution in [3.8, 4) is 0 Å². The Labute approximate surface area is 137 Å². The van der Waals surface area contributed by atoms with Gasteiger partial charge in [0.25, 0.3) is 0 Å². The lowest BCUT2D eigenvalue weighted by Crippen LogP contribution is -2.38. The Bertz CT molecular complexity index is 526. The van der Waals surface area contributed by atoms with Crippen molar-refractivity contribution in [3.05, 3.63) is 24.2 Å². The number of ether oxygens (including phenoxy) is 1. The summed E-state index contributed by atoms with van der Waals surface area (Å²) in [4.78, 5) is 14.7. The number of carbonyl (C=O) groups excluding carboxylic acids is 1. The molecule has 0 spiro atoms. The Morgan fingerprint density at radius 3 is 3.00 bits per heavy atom. The smallest absolute Gasteiger partial charge is 0.220 e. The van der Waals surface area contributed by atoms with Crippen LogP contribution in [0, 0.1) is 23.7 Å². The summed E-state index contributed by atoms with van der Waals surface area (Å²) in [5.74, 6) is 2.46. The van der Waals surface area contributed by atoms with Crippen LogP contribution in [0.2, 0.25) is 0 Å². The van der Waals surface area contributed by atoms with E-state index in [4.69, 9.17) is 9.15 Å². The molecule has 5 heteroatoms. The van der Waals surface area contributed by atoms with Crippen molar-refractivity contribution in [2.45, 2.75) is 25.8 Å². The summed E-state index contributed by atoms with van der Waals surface area (Å²) in [6.45, 7) is 5.51. The van der Waals surface area contributed by atoms with Crippen LogP contribution in [-0.2, 0) is 16.1 Å². The van der Waals surface area contributed by atoms with Gasteiger partial charge in [-0.25, -0.2) is 0 Å². The summed E-state index contributed by atoms with van der Waals surface area (Å²) in [7, 11) is 0. The van der Waals surface area contributed by atoms with Crippen LogP contribution in [0.3, 0.4) is 0 Å². The number of rotatable bonds is 6. The molecule has 1 aromatic rings. The van der Waals surface area contributed by atoms with Crippen molar-refractivity contribution in [3.63, 3.8) is 0 Å². The molecule has 4 rings (SSSR count). The average Bonchev–Trinajstić information content (AvgIpc) is 3.05. The maximum absolute atomic E-state index is 12.2. The maximum atomic E-state index is 12.2. The van der Waals surface area contributed by atoms with Gasteiger partial charge in [0.15, 0.2) is 0 Å². The molecule has 1 aliphatic carbocycles. The van der Waals surface area contributed by atoms with Gasteiger partial charge in [0.1, 0.15) is 0 Å². The summed E-state index contributed by atoms with van der Waals surface area (Å²) in [5.41, 5.74) is 1.23. The van der Waals surface area contributed by atoms with Crippen LogP contribution in [-0.4, -0.2) is 43.7 Å². The number of likely N-dealkylation sites (tertiary alicyclic amines) is 1. The lowest BCUT2D eigenvalue weighted by Gasteiger charge is -2.32. The molecule has 0 aromatic carbocycles. The first-order valence-corrected chi connectivity index (χ1v) is 8.86. The molecule has 2 saturated heterocycles.